The Hall–Kier alpha value is -2.47. The number of carbonyl (C=O) groups is 1. The summed E-state index contributed by atoms with van der Waals surface area (Å²) in [5.41, 5.74) is 2.94. The molecule has 0 radical (unpaired) electrons. The van der Waals surface area contributed by atoms with Gasteiger partial charge in [-0.15, -0.1) is 11.3 Å². The zero-order valence-corrected chi connectivity index (χ0v) is 19.5. The molecular weight excluding hydrogens is 443 g/mol. The molecule has 8 nitrogen and oxygen atoms in total. The molecule has 0 aliphatic carbocycles. The molecule has 1 aromatic carbocycles. The van der Waals surface area contributed by atoms with Crippen LogP contribution in [0.5, 0.6) is 0 Å². The van der Waals surface area contributed by atoms with Crippen molar-refractivity contribution in [2.45, 2.75) is 25.1 Å². The molecule has 11 heteroatoms. The molecule has 168 valence electrons. The van der Waals surface area contributed by atoms with Crippen LogP contribution in [-0.2, 0) is 11.9 Å². The number of anilines is 2. The van der Waals surface area contributed by atoms with Gasteiger partial charge in [0.15, 0.2) is 4.34 Å². The molecule has 2 aromatic heterocycles. The Kier molecular flexibility index (Phi) is 8.99. The summed E-state index contributed by atoms with van der Waals surface area (Å²) in [6.45, 7) is 5.37. The number of nitrogens with one attached hydrogen (secondary N) is 2. The fraction of sp³-hybridized carbons (Fsp3) is 0.350. The van der Waals surface area contributed by atoms with E-state index in [1.165, 1.54) is 46.8 Å². The quantitative estimate of drug-likeness (QED) is 0.276. The van der Waals surface area contributed by atoms with Crippen LogP contribution in [0.15, 0.2) is 27.3 Å². The molecule has 0 atom stereocenters. The lowest BCUT2D eigenvalue weighted by atomic mass is 10.2. The Labute approximate surface area is 187 Å². The number of halogens is 1. The summed E-state index contributed by atoms with van der Waals surface area (Å²) in [4.78, 5) is 35.0. The molecular formula is C20H25FN4O4S2. The number of rotatable bonds is 7. The summed E-state index contributed by atoms with van der Waals surface area (Å²) in [5, 5.41) is 11.7. The Bertz CT molecular complexity index is 1130. The predicted molar refractivity (Wildman–Crippen MR) is 123 cm³/mol. The Balaban J connectivity index is 0.00000166. The summed E-state index contributed by atoms with van der Waals surface area (Å²) in [5.74, 6) is -1.12. The van der Waals surface area contributed by atoms with E-state index in [1.807, 2.05) is 20.1 Å². The second-order valence-electron chi connectivity index (χ2n) is 6.06. The number of aliphatic hydroxyl groups is 1. The molecule has 0 unspecified atom stereocenters. The Morgan fingerprint density at radius 2 is 2.10 bits per heavy atom. The van der Waals surface area contributed by atoms with Crippen molar-refractivity contribution >= 4 is 50.7 Å². The summed E-state index contributed by atoms with van der Waals surface area (Å²) < 4.78 is 16.6. The highest BCUT2D eigenvalue weighted by Gasteiger charge is 2.25. The van der Waals surface area contributed by atoms with Gasteiger partial charge in [0.2, 0.25) is 0 Å². The summed E-state index contributed by atoms with van der Waals surface area (Å²) in [6.07, 6.45) is 1.81. The molecule has 0 aliphatic rings. The second-order valence-corrected chi connectivity index (χ2v) is 8.11. The van der Waals surface area contributed by atoms with Crippen LogP contribution in [0.3, 0.4) is 0 Å². The molecule has 0 saturated carbocycles. The van der Waals surface area contributed by atoms with Crippen LogP contribution in [0.1, 0.15) is 29.8 Å². The molecule has 0 bridgehead atoms. The first-order valence-electron chi connectivity index (χ1n) is 9.51. The fourth-order valence-electron chi connectivity index (χ4n) is 2.66. The number of aryl methyl sites for hydroxylation is 1. The van der Waals surface area contributed by atoms with Crippen LogP contribution in [0.2, 0.25) is 0 Å². The van der Waals surface area contributed by atoms with Crippen molar-refractivity contribution in [3.05, 3.63) is 45.5 Å². The first-order valence-corrected chi connectivity index (χ1v) is 11.5. The van der Waals surface area contributed by atoms with Crippen LogP contribution in [0.25, 0.3) is 10.2 Å². The van der Waals surface area contributed by atoms with Crippen molar-refractivity contribution in [2.24, 2.45) is 7.05 Å². The van der Waals surface area contributed by atoms with Crippen LogP contribution in [0.4, 0.5) is 15.9 Å². The van der Waals surface area contributed by atoms with Crippen LogP contribution in [0, 0.1) is 12.7 Å². The third-order valence-electron chi connectivity index (χ3n) is 4.05. The number of amides is 1. The molecule has 3 aromatic rings. The van der Waals surface area contributed by atoms with Crippen molar-refractivity contribution in [1.29, 1.82) is 0 Å². The van der Waals surface area contributed by atoms with Crippen molar-refractivity contribution in [3.63, 3.8) is 0 Å². The molecule has 3 N–H and O–H groups in total. The molecule has 0 aliphatic heterocycles. The zero-order valence-electron chi connectivity index (χ0n) is 17.9. The lowest BCUT2D eigenvalue weighted by Crippen LogP contribution is -2.30. The van der Waals surface area contributed by atoms with Crippen molar-refractivity contribution in [2.75, 3.05) is 24.8 Å². The van der Waals surface area contributed by atoms with Crippen molar-refractivity contribution < 1.29 is 19.1 Å². The predicted octanol–water partition coefficient (Wildman–Crippen LogP) is 3.59. The van der Waals surface area contributed by atoms with Gasteiger partial charge in [0.25, 0.3) is 11.5 Å². The topological polar surface area (TPSA) is 105 Å². The fourth-order valence-corrected chi connectivity index (χ4v) is 4.21. The molecule has 0 saturated heterocycles. The smallest absolute Gasteiger partial charge is 0.280 e. The van der Waals surface area contributed by atoms with Gasteiger partial charge in [0.05, 0.1) is 18.9 Å². The molecule has 2 heterocycles. The number of thiazole rings is 1. The Morgan fingerprint density at radius 1 is 1.39 bits per heavy atom. The average molecular weight is 469 g/mol. The minimum atomic E-state index is -0.674. The van der Waals surface area contributed by atoms with Gasteiger partial charge in [-0.25, -0.2) is 14.9 Å². The second kappa shape index (κ2) is 11.2. The Morgan fingerprint density at radius 3 is 2.71 bits per heavy atom. The lowest BCUT2D eigenvalue weighted by molar-refractivity contribution is 0.0169. The zero-order chi connectivity index (χ0) is 23.1. The first-order chi connectivity index (χ1) is 14.9. The van der Waals surface area contributed by atoms with E-state index in [2.05, 4.69) is 15.8 Å². The van der Waals surface area contributed by atoms with Crippen LogP contribution < -0.4 is 16.4 Å². The molecule has 1 amide bonds. The minimum absolute atomic E-state index is 0.0385. The number of aromatic nitrogens is 2. The van der Waals surface area contributed by atoms with Gasteiger partial charge in [0.1, 0.15) is 27.4 Å². The summed E-state index contributed by atoms with van der Waals surface area (Å²) >= 11 is 2.52. The normalized spacial score (nSPS) is 10.5. The molecule has 0 spiro atoms. The highest BCUT2D eigenvalue weighted by atomic mass is 32.2. The van der Waals surface area contributed by atoms with Gasteiger partial charge in [0, 0.05) is 7.05 Å². The third kappa shape index (κ3) is 5.42. The van der Waals surface area contributed by atoms with Crippen molar-refractivity contribution in [1.82, 2.24) is 15.0 Å². The third-order valence-corrected chi connectivity index (χ3v) is 6.08. The van der Waals surface area contributed by atoms with Gasteiger partial charge in [-0.05, 0) is 30.9 Å². The number of nitrogens with zero attached hydrogens (tertiary/aromatic N) is 2. The molecule has 0 fully saturated rings. The monoisotopic (exact) mass is 468 g/mol. The van der Waals surface area contributed by atoms with E-state index in [0.29, 0.717) is 9.04 Å². The van der Waals surface area contributed by atoms with Crippen LogP contribution >= 0.6 is 23.1 Å². The number of hydrogen-bond donors (Lipinski definition) is 3. The number of pyridine rings is 1. The van der Waals surface area contributed by atoms with E-state index < -0.39 is 11.7 Å². The van der Waals surface area contributed by atoms with E-state index in [0.717, 1.165) is 5.56 Å². The number of carbonyl (C=O) groups excluding carboxylic acids is 1. The standard InChI is InChI=1S/C18H19FN4O4S2.C2H6/c1-9-4-5-11(10(19)8-9)20-15-12(16(25)22-27-7-6-24)13-14(17(26)23(15)2)29-18(21-13)28-3;1-2/h4-5,8,20,24H,6-7H2,1-3H3,(H,22,25);1-2H3. The van der Waals surface area contributed by atoms with E-state index in [9.17, 15) is 14.0 Å². The van der Waals surface area contributed by atoms with Crippen molar-refractivity contribution in [3.8, 4) is 0 Å². The number of thioether (sulfide) groups is 1. The molecule has 3 rings (SSSR count). The van der Waals surface area contributed by atoms with Gasteiger partial charge >= 0.3 is 0 Å². The average Bonchev–Trinajstić information content (AvgIpc) is 3.19. The van der Waals surface area contributed by atoms with E-state index in [1.54, 1.807) is 13.0 Å². The van der Waals surface area contributed by atoms with E-state index in [-0.39, 0.29) is 41.4 Å². The van der Waals surface area contributed by atoms with Gasteiger partial charge in [-0.3, -0.25) is 19.0 Å². The maximum absolute atomic E-state index is 14.4. The van der Waals surface area contributed by atoms with Gasteiger partial charge in [-0.2, -0.15) is 0 Å². The summed E-state index contributed by atoms with van der Waals surface area (Å²) in [7, 11) is 1.49. The van der Waals surface area contributed by atoms with Gasteiger partial charge in [-0.1, -0.05) is 31.7 Å². The van der Waals surface area contributed by atoms with E-state index in [4.69, 9.17) is 9.94 Å². The SMILES string of the molecule is CC.CSc1nc2c(C(=O)NOCCO)c(Nc3ccc(C)cc3F)n(C)c(=O)c2s1. The first kappa shape index (κ1) is 24.8. The number of hydroxylamine groups is 1. The lowest BCUT2D eigenvalue weighted by Gasteiger charge is -2.17. The minimum Gasteiger partial charge on any atom is -0.394 e. The van der Waals surface area contributed by atoms with Crippen LogP contribution in [-0.4, -0.2) is 40.0 Å². The molecule has 31 heavy (non-hydrogen) atoms. The largest absolute Gasteiger partial charge is 0.394 e. The highest BCUT2D eigenvalue weighted by Crippen LogP contribution is 2.32. The maximum Gasteiger partial charge on any atom is 0.280 e. The van der Waals surface area contributed by atoms with Gasteiger partial charge < -0.3 is 10.4 Å². The number of benzene rings is 1. The number of hydrogen-bond acceptors (Lipinski definition) is 8. The highest BCUT2D eigenvalue weighted by molar-refractivity contribution is 8.00. The number of fused-ring (bicyclic) bond motifs is 1. The van der Waals surface area contributed by atoms with E-state index >= 15 is 0 Å². The number of aliphatic hydroxyl groups excluding tert-OH is 1. The maximum atomic E-state index is 14.4. The summed E-state index contributed by atoms with van der Waals surface area (Å²) in [6, 6.07) is 4.58.